The van der Waals surface area contributed by atoms with Crippen molar-refractivity contribution >= 4 is 0 Å². The van der Waals surface area contributed by atoms with Gasteiger partial charge in [0.05, 0.1) is 12.3 Å². The first kappa shape index (κ1) is 20.3. The predicted octanol–water partition coefficient (Wildman–Crippen LogP) is 2.59. The Bertz CT molecular complexity index is 830. The Morgan fingerprint density at radius 1 is 1.17 bits per heavy atom. The normalized spacial score (nSPS) is 25.7. The monoisotopic (exact) mass is 396 g/mol. The van der Waals surface area contributed by atoms with Gasteiger partial charge in [-0.3, -0.25) is 9.80 Å². The summed E-state index contributed by atoms with van der Waals surface area (Å²) in [4.78, 5) is 14.0. The van der Waals surface area contributed by atoms with Gasteiger partial charge in [-0.05, 0) is 56.1 Å². The molecule has 2 aromatic rings. The highest BCUT2D eigenvalue weighted by Gasteiger charge is 2.47. The summed E-state index contributed by atoms with van der Waals surface area (Å²) in [6.45, 7) is 6.92. The van der Waals surface area contributed by atoms with Gasteiger partial charge in [0.25, 0.3) is 0 Å². The molecule has 1 aromatic heterocycles. The molecule has 0 unspecified atom stereocenters. The van der Waals surface area contributed by atoms with Crippen molar-refractivity contribution in [3.63, 3.8) is 0 Å². The van der Waals surface area contributed by atoms with E-state index >= 15 is 0 Å². The lowest BCUT2D eigenvalue weighted by molar-refractivity contribution is -0.0810. The van der Waals surface area contributed by atoms with Gasteiger partial charge < -0.3 is 10.2 Å². The van der Waals surface area contributed by atoms with E-state index in [9.17, 15) is 10.2 Å². The van der Waals surface area contributed by atoms with E-state index in [1.165, 1.54) is 0 Å². The summed E-state index contributed by atoms with van der Waals surface area (Å²) >= 11 is 0. The van der Waals surface area contributed by atoms with Crippen LogP contribution in [0, 0.1) is 5.41 Å². The van der Waals surface area contributed by atoms with Gasteiger partial charge in [-0.1, -0.05) is 19.1 Å². The largest absolute Gasteiger partial charge is 0.508 e. The summed E-state index contributed by atoms with van der Waals surface area (Å²) in [7, 11) is 0. The molecule has 0 bridgehead atoms. The number of aliphatic hydroxyl groups is 1. The molecule has 0 spiro atoms. The molecule has 2 aliphatic rings. The highest BCUT2D eigenvalue weighted by molar-refractivity contribution is 5.27. The fraction of sp³-hybridized carbons (Fsp3) is 0.565. The SMILES string of the molecule is CCc1nccc(CN2CC[C@@]3(CO)CCCN(Cc4cccc(O)c4)[C@@H]3C2)n1. The summed E-state index contributed by atoms with van der Waals surface area (Å²) in [6.07, 6.45) is 5.92. The summed E-state index contributed by atoms with van der Waals surface area (Å²) in [5, 5.41) is 20.2. The van der Waals surface area contributed by atoms with E-state index in [0.29, 0.717) is 11.8 Å². The number of aromatic nitrogens is 2. The van der Waals surface area contributed by atoms with Crippen molar-refractivity contribution < 1.29 is 10.2 Å². The molecule has 6 nitrogen and oxygen atoms in total. The van der Waals surface area contributed by atoms with Crippen molar-refractivity contribution in [2.75, 3.05) is 26.2 Å². The number of aryl methyl sites for hydroxylation is 1. The van der Waals surface area contributed by atoms with Crippen LogP contribution in [0.4, 0.5) is 0 Å². The number of hydrogen-bond acceptors (Lipinski definition) is 6. The minimum absolute atomic E-state index is 0.0220. The molecule has 4 rings (SSSR count). The molecule has 2 N–H and O–H groups in total. The molecule has 2 fully saturated rings. The van der Waals surface area contributed by atoms with Crippen LogP contribution in [-0.4, -0.2) is 62.3 Å². The quantitative estimate of drug-likeness (QED) is 0.782. The van der Waals surface area contributed by atoms with E-state index in [-0.39, 0.29) is 12.0 Å². The number of phenols is 1. The summed E-state index contributed by atoms with van der Waals surface area (Å²) in [5.41, 5.74) is 2.18. The molecule has 0 radical (unpaired) electrons. The molecule has 2 saturated heterocycles. The van der Waals surface area contributed by atoms with Crippen LogP contribution < -0.4 is 0 Å². The number of fused-ring (bicyclic) bond motifs is 1. The maximum absolute atomic E-state index is 10.3. The van der Waals surface area contributed by atoms with Crippen LogP contribution in [0.1, 0.15) is 43.3 Å². The fourth-order valence-electron chi connectivity index (χ4n) is 5.08. The Labute approximate surface area is 173 Å². The number of hydrogen-bond donors (Lipinski definition) is 2. The molecule has 0 amide bonds. The Morgan fingerprint density at radius 2 is 2.07 bits per heavy atom. The maximum atomic E-state index is 10.3. The molecule has 1 aromatic carbocycles. The van der Waals surface area contributed by atoms with Crippen molar-refractivity contribution in [3.8, 4) is 5.75 Å². The molecule has 6 heteroatoms. The minimum Gasteiger partial charge on any atom is -0.508 e. The summed E-state index contributed by atoms with van der Waals surface area (Å²) < 4.78 is 0. The third kappa shape index (κ3) is 4.44. The number of aliphatic hydroxyl groups excluding tert-OH is 1. The lowest BCUT2D eigenvalue weighted by atomic mass is 9.69. The second-order valence-corrected chi connectivity index (χ2v) is 8.58. The molecule has 29 heavy (non-hydrogen) atoms. The third-order valence-corrected chi connectivity index (χ3v) is 6.70. The van der Waals surface area contributed by atoms with Crippen LogP contribution in [0.25, 0.3) is 0 Å². The van der Waals surface area contributed by atoms with Crippen LogP contribution in [0.5, 0.6) is 5.75 Å². The fourth-order valence-corrected chi connectivity index (χ4v) is 5.08. The van der Waals surface area contributed by atoms with Crippen molar-refractivity contribution in [2.45, 2.75) is 51.7 Å². The minimum atomic E-state index is -0.0220. The van der Waals surface area contributed by atoms with Crippen molar-refractivity contribution in [1.29, 1.82) is 0 Å². The average Bonchev–Trinajstić information content (AvgIpc) is 2.74. The highest BCUT2D eigenvalue weighted by atomic mass is 16.3. The smallest absolute Gasteiger partial charge is 0.128 e. The number of benzene rings is 1. The number of nitrogens with zero attached hydrogens (tertiary/aromatic N) is 4. The molecule has 3 heterocycles. The number of likely N-dealkylation sites (tertiary alicyclic amines) is 2. The van der Waals surface area contributed by atoms with E-state index in [1.807, 2.05) is 24.4 Å². The topological polar surface area (TPSA) is 72.7 Å². The van der Waals surface area contributed by atoms with Gasteiger partial charge in [-0.25, -0.2) is 9.97 Å². The maximum Gasteiger partial charge on any atom is 0.128 e. The van der Waals surface area contributed by atoms with E-state index in [0.717, 1.165) is 75.5 Å². The first-order chi connectivity index (χ1) is 14.1. The van der Waals surface area contributed by atoms with Gasteiger partial charge in [0, 0.05) is 43.7 Å². The molecule has 156 valence electrons. The third-order valence-electron chi connectivity index (χ3n) is 6.70. The van der Waals surface area contributed by atoms with E-state index in [2.05, 4.69) is 32.8 Å². The van der Waals surface area contributed by atoms with E-state index in [1.54, 1.807) is 6.07 Å². The van der Waals surface area contributed by atoms with Crippen LogP contribution in [0.2, 0.25) is 0 Å². The van der Waals surface area contributed by atoms with Crippen LogP contribution in [0.15, 0.2) is 36.5 Å². The van der Waals surface area contributed by atoms with E-state index in [4.69, 9.17) is 0 Å². The van der Waals surface area contributed by atoms with Crippen molar-refractivity contribution in [1.82, 2.24) is 19.8 Å². The summed E-state index contributed by atoms with van der Waals surface area (Å²) in [5.74, 6) is 1.21. The van der Waals surface area contributed by atoms with Crippen LogP contribution in [0.3, 0.4) is 0 Å². The summed E-state index contributed by atoms with van der Waals surface area (Å²) in [6, 6.07) is 9.86. The van der Waals surface area contributed by atoms with Gasteiger partial charge >= 0.3 is 0 Å². The molecular weight excluding hydrogens is 364 g/mol. The lowest BCUT2D eigenvalue weighted by Gasteiger charge is -2.54. The Morgan fingerprint density at radius 3 is 2.86 bits per heavy atom. The lowest BCUT2D eigenvalue weighted by Crippen LogP contribution is -2.62. The zero-order valence-corrected chi connectivity index (χ0v) is 17.3. The first-order valence-electron chi connectivity index (χ1n) is 10.8. The molecule has 0 saturated carbocycles. The molecule has 2 atom stereocenters. The Balaban J connectivity index is 1.51. The van der Waals surface area contributed by atoms with E-state index < -0.39 is 0 Å². The number of rotatable bonds is 6. The van der Waals surface area contributed by atoms with Gasteiger partial charge in [-0.2, -0.15) is 0 Å². The van der Waals surface area contributed by atoms with Gasteiger partial charge in [0.1, 0.15) is 11.6 Å². The van der Waals surface area contributed by atoms with Gasteiger partial charge in [0.2, 0.25) is 0 Å². The molecule has 2 aliphatic heterocycles. The second-order valence-electron chi connectivity index (χ2n) is 8.58. The highest BCUT2D eigenvalue weighted by Crippen LogP contribution is 2.42. The molecular formula is C23H32N4O2. The van der Waals surface area contributed by atoms with Gasteiger partial charge in [0.15, 0.2) is 0 Å². The zero-order chi connectivity index (χ0) is 20.3. The first-order valence-corrected chi connectivity index (χ1v) is 10.8. The van der Waals surface area contributed by atoms with Crippen LogP contribution >= 0.6 is 0 Å². The van der Waals surface area contributed by atoms with Crippen molar-refractivity contribution in [2.24, 2.45) is 5.41 Å². The number of aromatic hydroxyl groups is 1. The standard InChI is InChI=1S/C23H32N4O2/c1-2-22-24-10-7-19(25-22)15-26-12-9-23(17-28)8-4-11-27(21(23)16-26)14-18-5-3-6-20(29)13-18/h3,5-7,10,13,21,28-29H,2,4,8-9,11-12,14-17H2,1H3/t21-,23-/m1/s1. The molecule has 0 aliphatic carbocycles. The predicted molar refractivity (Wildman–Crippen MR) is 112 cm³/mol. The Hall–Kier alpha value is -2.02. The average molecular weight is 397 g/mol. The van der Waals surface area contributed by atoms with Crippen LogP contribution in [-0.2, 0) is 19.5 Å². The number of piperidine rings is 2. The zero-order valence-electron chi connectivity index (χ0n) is 17.3. The van der Waals surface area contributed by atoms with Crippen molar-refractivity contribution in [3.05, 3.63) is 53.6 Å². The number of phenolic OH excluding ortho intramolecular Hbond substituents is 1. The Kier molecular flexibility index (Phi) is 6.13. The second kappa shape index (κ2) is 8.78. The van der Waals surface area contributed by atoms with Gasteiger partial charge in [-0.15, -0.1) is 0 Å².